The molecule has 0 saturated carbocycles. The van der Waals surface area contributed by atoms with Crippen LogP contribution in [0.3, 0.4) is 0 Å². The van der Waals surface area contributed by atoms with E-state index in [1.54, 1.807) is 31.2 Å². The van der Waals surface area contributed by atoms with Crippen molar-refractivity contribution in [3.63, 3.8) is 0 Å². The maximum absolute atomic E-state index is 10.9. The van der Waals surface area contributed by atoms with Gasteiger partial charge in [-0.25, -0.2) is 0 Å². The summed E-state index contributed by atoms with van der Waals surface area (Å²) < 4.78 is 0. The molecule has 16 heavy (non-hydrogen) atoms. The Bertz CT molecular complexity index is 627. The van der Waals surface area contributed by atoms with Crippen LogP contribution in [0.1, 0.15) is 11.1 Å². The quantitative estimate of drug-likeness (QED) is 0.539. The van der Waals surface area contributed by atoms with Crippen LogP contribution in [0.5, 0.6) is 0 Å². The maximum Gasteiger partial charge on any atom is 0.278 e. The topological polar surface area (TPSA) is 66.9 Å². The molecule has 0 aromatic heterocycles. The largest absolute Gasteiger partial charge is 0.278 e. The van der Waals surface area contributed by atoms with Gasteiger partial charge in [-0.3, -0.25) is 10.1 Å². The summed E-state index contributed by atoms with van der Waals surface area (Å²) in [7, 11) is 0. The predicted octanol–water partition coefficient (Wildman–Crippen LogP) is 2.93. The summed E-state index contributed by atoms with van der Waals surface area (Å²) in [5, 5.41) is 21.1. The molecule has 0 radical (unpaired) electrons. The highest BCUT2D eigenvalue weighted by Crippen LogP contribution is 2.30. The number of fused-ring (bicyclic) bond motifs is 1. The average Bonchev–Trinajstić information content (AvgIpc) is 2.29. The van der Waals surface area contributed by atoms with Gasteiger partial charge in [-0.05, 0) is 23.9 Å². The number of non-ortho nitro benzene ring substituents is 1. The Balaban J connectivity index is 2.97. The summed E-state index contributed by atoms with van der Waals surface area (Å²) >= 11 is 0. The molecule has 0 saturated heterocycles. The van der Waals surface area contributed by atoms with E-state index in [0.717, 1.165) is 10.9 Å². The van der Waals surface area contributed by atoms with E-state index in [2.05, 4.69) is 0 Å². The fourth-order valence-corrected chi connectivity index (χ4v) is 1.77. The van der Waals surface area contributed by atoms with E-state index in [4.69, 9.17) is 5.26 Å². The van der Waals surface area contributed by atoms with Gasteiger partial charge in [0.25, 0.3) is 5.69 Å². The number of nitro benzene ring substituents is 1. The summed E-state index contributed by atoms with van der Waals surface area (Å²) in [6.45, 7) is 1.80. The van der Waals surface area contributed by atoms with Gasteiger partial charge in [-0.15, -0.1) is 0 Å². The van der Waals surface area contributed by atoms with Crippen LogP contribution < -0.4 is 0 Å². The molecule has 78 valence electrons. The molecular formula is C12H8N2O2. The Morgan fingerprint density at radius 1 is 1.31 bits per heavy atom. The molecule has 0 heterocycles. The van der Waals surface area contributed by atoms with Crippen molar-refractivity contribution >= 4 is 16.5 Å². The van der Waals surface area contributed by atoms with Crippen molar-refractivity contribution in [2.75, 3.05) is 0 Å². The zero-order valence-corrected chi connectivity index (χ0v) is 8.60. The van der Waals surface area contributed by atoms with E-state index < -0.39 is 4.92 Å². The zero-order valence-electron chi connectivity index (χ0n) is 8.60. The number of benzene rings is 2. The van der Waals surface area contributed by atoms with Crippen LogP contribution in [-0.2, 0) is 0 Å². The molecule has 0 aliphatic carbocycles. The van der Waals surface area contributed by atoms with E-state index in [0.29, 0.717) is 10.9 Å². The second-order valence-corrected chi connectivity index (χ2v) is 3.48. The minimum absolute atomic E-state index is 0.0160. The van der Waals surface area contributed by atoms with Gasteiger partial charge in [0.1, 0.15) is 0 Å². The third-order valence-corrected chi connectivity index (χ3v) is 2.61. The molecule has 0 bridgehead atoms. The van der Waals surface area contributed by atoms with Crippen molar-refractivity contribution in [1.82, 2.24) is 0 Å². The molecule has 0 fully saturated rings. The monoisotopic (exact) mass is 212 g/mol. The summed E-state index contributed by atoms with van der Waals surface area (Å²) in [4.78, 5) is 10.4. The number of hydrogen-bond acceptors (Lipinski definition) is 3. The highest BCUT2D eigenvalue weighted by Gasteiger charge is 2.15. The minimum Gasteiger partial charge on any atom is -0.258 e. The SMILES string of the molecule is Cc1c(C#N)cc([N+](=O)[O-])c2ccccc12. The highest BCUT2D eigenvalue weighted by atomic mass is 16.6. The van der Waals surface area contributed by atoms with Crippen LogP contribution >= 0.6 is 0 Å². The van der Waals surface area contributed by atoms with Crippen molar-refractivity contribution in [3.05, 3.63) is 51.6 Å². The Labute approximate surface area is 91.9 Å². The standard InChI is InChI=1S/C12H8N2O2/c1-8-9(7-13)6-12(14(15)16)11-5-3-2-4-10(8)11/h2-6H,1H3. The Morgan fingerprint density at radius 3 is 2.50 bits per heavy atom. The molecule has 0 unspecified atom stereocenters. The fraction of sp³-hybridized carbons (Fsp3) is 0.0833. The van der Waals surface area contributed by atoms with Crippen LogP contribution in [0.15, 0.2) is 30.3 Å². The third kappa shape index (κ3) is 1.39. The number of rotatable bonds is 1. The number of hydrogen-bond donors (Lipinski definition) is 0. The predicted molar refractivity (Wildman–Crippen MR) is 60.1 cm³/mol. The number of nitro groups is 1. The molecule has 0 aliphatic heterocycles. The zero-order chi connectivity index (χ0) is 11.7. The van der Waals surface area contributed by atoms with Crippen molar-refractivity contribution in [3.8, 4) is 6.07 Å². The van der Waals surface area contributed by atoms with Crippen molar-refractivity contribution in [2.24, 2.45) is 0 Å². The fourth-order valence-electron chi connectivity index (χ4n) is 1.77. The summed E-state index contributed by atoms with van der Waals surface area (Å²) in [6, 6.07) is 10.4. The molecule has 4 nitrogen and oxygen atoms in total. The van der Waals surface area contributed by atoms with Gasteiger partial charge in [-0.2, -0.15) is 5.26 Å². The molecule has 2 aromatic rings. The van der Waals surface area contributed by atoms with Gasteiger partial charge in [-0.1, -0.05) is 18.2 Å². The summed E-state index contributed by atoms with van der Waals surface area (Å²) in [6.07, 6.45) is 0. The Morgan fingerprint density at radius 2 is 1.94 bits per heavy atom. The average molecular weight is 212 g/mol. The Kier molecular flexibility index (Phi) is 2.29. The summed E-state index contributed by atoms with van der Waals surface area (Å²) in [5.74, 6) is 0. The van der Waals surface area contributed by atoms with Crippen molar-refractivity contribution in [2.45, 2.75) is 6.92 Å². The first kappa shape index (κ1) is 10.1. The van der Waals surface area contributed by atoms with Crippen molar-refractivity contribution in [1.29, 1.82) is 5.26 Å². The number of aryl methyl sites for hydroxylation is 1. The lowest BCUT2D eigenvalue weighted by molar-refractivity contribution is -0.383. The van der Waals surface area contributed by atoms with Gasteiger partial charge in [0.15, 0.2) is 0 Å². The van der Waals surface area contributed by atoms with Crippen LogP contribution in [-0.4, -0.2) is 4.92 Å². The highest BCUT2D eigenvalue weighted by molar-refractivity contribution is 5.94. The van der Waals surface area contributed by atoms with E-state index in [1.807, 2.05) is 6.07 Å². The third-order valence-electron chi connectivity index (χ3n) is 2.61. The van der Waals surface area contributed by atoms with Gasteiger partial charge in [0.05, 0.1) is 21.9 Å². The molecule has 0 spiro atoms. The van der Waals surface area contributed by atoms with Gasteiger partial charge < -0.3 is 0 Å². The molecule has 0 aliphatic rings. The second kappa shape index (κ2) is 3.63. The molecule has 4 heteroatoms. The number of nitrogens with zero attached hydrogens (tertiary/aromatic N) is 2. The lowest BCUT2D eigenvalue weighted by Gasteiger charge is -2.04. The molecule has 0 amide bonds. The molecular weight excluding hydrogens is 204 g/mol. The first-order valence-electron chi connectivity index (χ1n) is 4.72. The van der Waals surface area contributed by atoms with Crippen LogP contribution in [0.4, 0.5) is 5.69 Å². The van der Waals surface area contributed by atoms with Crippen LogP contribution in [0, 0.1) is 28.4 Å². The van der Waals surface area contributed by atoms with Crippen LogP contribution in [0.2, 0.25) is 0 Å². The van der Waals surface area contributed by atoms with Gasteiger partial charge in [0, 0.05) is 6.07 Å². The van der Waals surface area contributed by atoms with Gasteiger partial charge >= 0.3 is 0 Å². The van der Waals surface area contributed by atoms with E-state index >= 15 is 0 Å². The molecule has 2 rings (SSSR count). The molecule has 2 aromatic carbocycles. The lowest BCUT2D eigenvalue weighted by atomic mass is 9.99. The van der Waals surface area contributed by atoms with E-state index in [-0.39, 0.29) is 5.69 Å². The van der Waals surface area contributed by atoms with Crippen molar-refractivity contribution < 1.29 is 4.92 Å². The maximum atomic E-state index is 10.9. The lowest BCUT2D eigenvalue weighted by Crippen LogP contribution is -1.93. The van der Waals surface area contributed by atoms with E-state index in [9.17, 15) is 10.1 Å². The normalized spacial score (nSPS) is 10.0. The molecule has 0 atom stereocenters. The smallest absolute Gasteiger partial charge is 0.258 e. The van der Waals surface area contributed by atoms with Gasteiger partial charge in [0.2, 0.25) is 0 Å². The second-order valence-electron chi connectivity index (χ2n) is 3.48. The summed E-state index contributed by atoms with van der Waals surface area (Å²) in [5.41, 5.74) is 1.12. The van der Waals surface area contributed by atoms with Crippen LogP contribution in [0.25, 0.3) is 10.8 Å². The molecule has 0 N–H and O–H groups in total. The first-order valence-corrected chi connectivity index (χ1v) is 4.72. The minimum atomic E-state index is -0.456. The van der Waals surface area contributed by atoms with E-state index in [1.165, 1.54) is 6.07 Å². The Hall–Kier alpha value is -2.41. The first-order chi connectivity index (χ1) is 7.65. The number of nitriles is 1.